The van der Waals surface area contributed by atoms with Gasteiger partial charge in [0.1, 0.15) is 0 Å². The number of hydrogen-bond donors (Lipinski definition) is 0. The van der Waals surface area contributed by atoms with Crippen LogP contribution in [-0.4, -0.2) is 40.6 Å². The molecular formula is C18H22N4O2. The fourth-order valence-corrected chi connectivity index (χ4v) is 3.72. The van der Waals surface area contributed by atoms with Crippen LogP contribution in [0.3, 0.4) is 0 Å². The average molecular weight is 326 g/mol. The van der Waals surface area contributed by atoms with Gasteiger partial charge in [-0.15, -0.1) is 10.2 Å². The van der Waals surface area contributed by atoms with E-state index in [2.05, 4.69) is 27.2 Å². The van der Waals surface area contributed by atoms with E-state index in [1.54, 1.807) is 6.92 Å². The van der Waals surface area contributed by atoms with Gasteiger partial charge in [-0.05, 0) is 44.0 Å². The van der Waals surface area contributed by atoms with Crippen molar-refractivity contribution < 1.29 is 9.21 Å². The van der Waals surface area contributed by atoms with Crippen molar-refractivity contribution in [1.29, 1.82) is 0 Å². The van der Waals surface area contributed by atoms with E-state index in [4.69, 9.17) is 4.42 Å². The van der Waals surface area contributed by atoms with E-state index in [9.17, 15) is 4.79 Å². The van der Waals surface area contributed by atoms with Gasteiger partial charge in [0.05, 0.1) is 6.54 Å². The molecular weight excluding hydrogens is 304 g/mol. The largest absolute Gasteiger partial charge is 0.424 e. The highest BCUT2D eigenvalue weighted by molar-refractivity contribution is 5.97. The lowest BCUT2D eigenvalue weighted by molar-refractivity contribution is -0.123. The van der Waals surface area contributed by atoms with Gasteiger partial charge in [0.25, 0.3) is 0 Å². The molecule has 2 aliphatic heterocycles. The smallest absolute Gasteiger partial charge is 0.230 e. The van der Waals surface area contributed by atoms with Crippen molar-refractivity contribution in [2.45, 2.75) is 32.7 Å². The second-order valence-electron chi connectivity index (χ2n) is 6.63. The van der Waals surface area contributed by atoms with Crippen LogP contribution in [0, 0.1) is 12.8 Å². The SMILES string of the molecule is Cc1nnc(CN2CCC(C(=O)N3CCc4ccccc43)CC2)o1. The first-order valence-corrected chi connectivity index (χ1v) is 8.61. The monoisotopic (exact) mass is 326 g/mol. The number of piperidine rings is 1. The van der Waals surface area contributed by atoms with Gasteiger partial charge in [0.2, 0.25) is 17.7 Å². The molecule has 0 N–H and O–H groups in total. The van der Waals surface area contributed by atoms with Crippen molar-refractivity contribution in [3.05, 3.63) is 41.6 Å². The fraction of sp³-hybridized carbons (Fsp3) is 0.500. The van der Waals surface area contributed by atoms with Crippen LogP contribution in [0.4, 0.5) is 5.69 Å². The Labute approximate surface area is 141 Å². The number of rotatable bonds is 3. The number of carbonyl (C=O) groups is 1. The van der Waals surface area contributed by atoms with Crippen LogP contribution < -0.4 is 4.90 Å². The number of nitrogens with zero attached hydrogens (tertiary/aromatic N) is 4. The molecule has 0 aliphatic carbocycles. The molecule has 0 spiro atoms. The van der Waals surface area contributed by atoms with Gasteiger partial charge in [-0.25, -0.2) is 0 Å². The first-order chi connectivity index (χ1) is 11.7. The van der Waals surface area contributed by atoms with Gasteiger partial charge < -0.3 is 9.32 Å². The standard InChI is InChI=1S/C18H22N4O2/c1-13-19-20-17(24-13)12-21-9-6-15(7-10-21)18(23)22-11-8-14-4-2-3-5-16(14)22/h2-5,15H,6-12H2,1H3. The number of likely N-dealkylation sites (tertiary alicyclic amines) is 1. The number of carbonyl (C=O) groups excluding carboxylic acids is 1. The Kier molecular flexibility index (Phi) is 4.06. The summed E-state index contributed by atoms with van der Waals surface area (Å²) in [6.07, 6.45) is 2.76. The van der Waals surface area contributed by atoms with Crippen molar-refractivity contribution in [2.24, 2.45) is 5.92 Å². The molecule has 0 unspecified atom stereocenters. The fourth-order valence-electron chi connectivity index (χ4n) is 3.72. The van der Waals surface area contributed by atoms with Gasteiger partial charge in [0.15, 0.2) is 0 Å². The first-order valence-electron chi connectivity index (χ1n) is 8.61. The highest BCUT2D eigenvalue weighted by atomic mass is 16.4. The molecule has 0 radical (unpaired) electrons. The van der Waals surface area contributed by atoms with E-state index in [1.807, 2.05) is 17.0 Å². The summed E-state index contributed by atoms with van der Waals surface area (Å²) in [4.78, 5) is 17.2. The molecule has 0 saturated carbocycles. The number of hydrogen-bond acceptors (Lipinski definition) is 5. The second-order valence-corrected chi connectivity index (χ2v) is 6.63. The molecule has 126 valence electrons. The normalized spacial score (nSPS) is 18.8. The molecule has 6 heteroatoms. The Bertz CT molecular complexity index is 734. The molecule has 1 aromatic heterocycles. The molecule has 1 fully saturated rings. The zero-order chi connectivity index (χ0) is 16.5. The predicted octanol–water partition coefficient (Wildman–Crippen LogP) is 2.18. The third kappa shape index (κ3) is 2.94. The number of aromatic nitrogens is 2. The molecule has 2 aromatic rings. The Morgan fingerprint density at radius 2 is 2.00 bits per heavy atom. The maximum Gasteiger partial charge on any atom is 0.230 e. The van der Waals surface area contributed by atoms with E-state index in [0.717, 1.165) is 44.6 Å². The van der Waals surface area contributed by atoms with E-state index in [1.165, 1.54) is 5.56 Å². The Balaban J connectivity index is 1.35. The maximum atomic E-state index is 12.9. The van der Waals surface area contributed by atoms with Crippen molar-refractivity contribution >= 4 is 11.6 Å². The lowest BCUT2D eigenvalue weighted by atomic mass is 9.95. The highest BCUT2D eigenvalue weighted by Gasteiger charge is 2.32. The summed E-state index contributed by atoms with van der Waals surface area (Å²) < 4.78 is 5.44. The summed E-state index contributed by atoms with van der Waals surface area (Å²) in [5, 5.41) is 7.91. The molecule has 6 nitrogen and oxygen atoms in total. The number of fused-ring (bicyclic) bond motifs is 1. The summed E-state index contributed by atoms with van der Waals surface area (Å²) in [6, 6.07) is 8.24. The Hall–Kier alpha value is -2.21. The Morgan fingerprint density at radius 1 is 1.21 bits per heavy atom. The van der Waals surface area contributed by atoms with Gasteiger partial charge in [-0.2, -0.15) is 0 Å². The number of benzene rings is 1. The van der Waals surface area contributed by atoms with Crippen LogP contribution in [0.5, 0.6) is 0 Å². The third-order valence-corrected chi connectivity index (χ3v) is 5.02. The molecule has 3 heterocycles. The number of aryl methyl sites for hydroxylation is 1. The van der Waals surface area contributed by atoms with Crippen molar-refractivity contribution in [2.75, 3.05) is 24.5 Å². The second kappa shape index (κ2) is 6.36. The van der Waals surface area contributed by atoms with E-state index < -0.39 is 0 Å². The lowest BCUT2D eigenvalue weighted by Crippen LogP contribution is -2.42. The van der Waals surface area contributed by atoms with Gasteiger partial charge >= 0.3 is 0 Å². The molecule has 2 aliphatic rings. The van der Waals surface area contributed by atoms with E-state index in [-0.39, 0.29) is 11.8 Å². The van der Waals surface area contributed by atoms with Crippen LogP contribution in [0.1, 0.15) is 30.2 Å². The predicted molar refractivity (Wildman–Crippen MR) is 89.5 cm³/mol. The van der Waals surface area contributed by atoms with Crippen molar-refractivity contribution in [1.82, 2.24) is 15.1 Å². The van der Waals surface area contributed by atoms with Crippen LogP contribution in [-0.2, 0) is 17.8 Å². The van der Waals surface area contributed by atoms with Gasteiger partial charge in [0, 0.05) is 25.1 Å². The quantitative estimate of drug-likeness (QED) is 0.865. The van der Waals surface area contributed by atoms with Crippen LogP contribution >= 0.6 is 0 Å². The number of anilines is 1. The van der Waals surface area contributed by atoms with E-state index in [0.29, 0.717) is 18.3 Å². The molecule has 0 atom stereocenters. The first kappa shape index (κ1) is 15.3. The van der Waals surface area contributed by atoms with Crippen LogP contribution in [0.25, 0.3) is 0 Å². The summed E-state index contributed by atoms with van der Waals surface area (Å²) in [6.45, 7) is 5.09. The van der Waals surface area contributed by atoms with Crippen molar-refractivity contribution in [3.63, 3.8) is 0 Å². The molecule has 24 heavy (non-hydrogen) atoms. The highest BCUT2D eigenvalue weighted by Crippen LogP contribution is 2.31. The minimum atomic E-state index is 0.122. The topological polar surface area (TPSA) is 62.5 Å². The zero-order valence-corrected chi connectivity index (χ0v) is 13.9. The lowest BCUT2D eigenvalue weighted by Gasteiger charge is -2.32. The summed E-state index contributed by atoms with van der Waals surface area (Å²) in [7, 11) is 0. The molecule has 1 amide bonds. The summed E-state index contributed by atoms with van der Waals surface area (Å²) in [5.41, 5.74) is 2.39. The summed E-state index contributed by atoms with van der Waals surface area (Å²) >= 11 is 0. The van der Waals surface area contributed by atoms with Gasteiger partial charge in [-0.1, -0.05) is 18.2 Å². The van der Waals surface area contributed by atoms with Crippen molar-refractivity contribution in [3.8, 4) is 0 Å². The Morgan fingerprint density at radius 3 is 2.75 bits per heavy atom. The zero-order valence-electron chi connectivity index (χ0n) is 13.9. The number of para-hydroxylation sites is 1. The summed E-state index contributed by atoms with van der Waals surface area (Å²) in [5.74, 6) is 1.67. The van der Waals surface area contributed by atoms with Crippen LogP contribution in [0.15, 0.2) is 28.7 Å². The minimum Gasteiger partial charge on any atom is -0.424 e. The minimum absolute atomic E-state index is 0.122. The number of amides is 1. The van der Waals surface area contributed by atoms with E-state index >= 15 is 0 Å². The van der Waals surface area contributed by atoms with Crippen LogP contribution in [0.2, 0.25) is 0 Å². The third-order valence-electron chi connectivity index (χ3n) is 5.02. The molecule has 4 rings (SSSR count). The molecule has 0 bridgehead atoms. The maximum absolute atomic E-state index is 12.9. The molecule has 1 saturated heterocycles. The molecule has 1 aromatic carbocycles. The average Bonchev–Trinajstić information content (AvgIpc) is 3.21. The van der Waals surface area contributed by atoms with Gasteiger partial charge in [-0.3, -0.25) is 9.69 Å².